The number of ether oxygens (including phenoxy) is 1. The van der Waals surface area contributed by atoms with E-state index < -0.39 is 11.7 Å². The Morgan fingerprint density at radius 1 is 1.25 bits per heavy atom. The van der Waals surface area contributed by atoms with E-state index in [9.17, 15) is 13.2 Å². The van der Waals surface area contributed by atoms with Crippen LogP contribution in [0.2, 0.25) is 0 Å². The highest BCUT2D eigenvalue weighted by molar-refractivity contribution is 7.13. The first-order valence-corrected chi connectivity index (χ1v) is 9.62. The molecule has 0 aliphatic heterocycles. The fraction of sp³-hybridized carbons (Fsp3) is 0.444. The predicted molar refractivity (Wildman–Crippen MR) is 106 cm³/mol. The minimum Gasteiger partial charge on any atom is -0.491 e. The summed E-state index contributed by atoms with van der Waals surface area (Å²) in [4.78, 5) is 10.8. The third-order valence-corrected chi connectivity index (χ3v) is 4.57. The minimum atomic E-state index is -4.45. The fourth-order valence-electron chi connectivity index (χ4n) is 2.23. The van der Waals surface area contributed by atoms with Crippen LogP contribution in [0.15, 0.2) is 34.6 Å². The minimum absolute atomic E-state index is 0.0684. The number of aliphatic imine (C=N–C) groups is 1. The van der Waals surface area contributed by atoms with E-state index in [0.29, 0.717) is 25.6 Å². The van der Waals surface area contributed by atoms with Gasteiger partial charge in [-0.1, -0.05) is 12.1 Å². The van der Waals surface area contributed by atoms with Crippen LogP contribution in [0.1, 0.15) is 18.2 Å². The second kappa shape index (κ2) is 10.2. The number of alkyl halides is 3. The van der Waals surface area contributed by atoms with Gasteiger partial charge >= 0.3 is 6.18 Å². The second-order valence-electron chi connectivity index (χ2n) is 5.98. The Morgan fingerprint density at radius 2 is 2.00 bits per heavy atom. The Bertz CT molecular complexity index is 777. The van der Waals surface area contributed by atoms with Gasteiger partial charge in [-0.05, 0) is 19.1 Å². The fourth-order valence-corrected chi connectivity index (χ4v) is 2.98. The molecule has 10 heteroatoms. The maximum atomic E-state index is 13.0. The molecule has 1 heterocycles. The summed E-state index contributed by atoms with van der Waals surface area (Å²) in [6, 6.07) is 5.17. The highest BCUT2D eigenvalue weighted by atomic mass is 32.1. The highest BCUT2D eigenvalue weighted by Gasteiger charge is 2.33. The van der Waals surface area contributed by atoms with E-state index in [1.54, 1.807) is 0 Å². The summed E-state index contributed by atoms with van der Waals surface area (Å²) in [7, 11) is 3.85. The maximum Gasteiger partial charge on any atom is 0.419 e. The first-order valence-electron chi connectivity index (χ1n) is 8.74. The van der Waals surface area contributed by atoms with Gasteiger partial charge in [-0.25, -0.2) is 9.98 Å². The molecule has 154 valence electrons. The largest absolute Gasteiger partial charge is 0.491 e. The number of para-hydroxylation sites is 1. The van der Waals surface area contributed by atoms with Crippen LogP contribution in [0.3, 0.4) is 0 Å². The van der Waals surface area contributed by atoms with Crippen LogP contribution in [0.25, 0.3) is 0 Å². The van der Waals surface area contributed by atoms with Crippen LogP contribution in [-0.4, -0.2) is 44.7 Å². The first kappa shape index (κ1) is 21.8. The lowest BCUT2D eigenvalue weighted by atomic mass is 10.2. The smallest absolute Gasteiger partial charge is 0.419 e. The van der Waals surface area contributed by atoms with Crippen LogP contribution in [0.4, 0.5) is 18.3 Å². The molecule has 1 aromatic heterocycles. The van der Waals surface area contributed by atoms with E-state index in [1.165, 1.54) is 29.5 Å². The lowest BCUT2D eigenvalue weighted by Gasteiger charge is -2.15. The van der Waals surface area contributed by atoms with Crippen molar-refractivity contribution in [2.45, 2.75) is 19.6 Å². The number of nitrogens with one attached hydrogen (secondary N) is 2. The molecular formula is C18H24F3N5OS. The van der Waals surface area contributed by atoms with E-state index in [1.807, 2.05) is 31.3 Å². The van der Waals surface area contributed by atoms with Gasteiger partial charge in [-0.3, -0.25) is 0 Å². The second-order valence-corrected chi connectivity index (χ2v) is 6.82. The number of hydrogen-bond acceptors (Lipinski definition) is 5. The average Bonchev–Trinajstić information content (AvgIpc) is 3.12. The summed E-state index contributed by atoms with van der Waals surface area (Å²) in [6.07, 6.45) is -4.45. The van der Waals surface area contributed by atoms with Gasteiger partial charge < -0.3 is 20.3 Å². The zero-order chi connectivity index (χ0) is 20.6. The molecule has 0 fully saturated rings. The summed E-state index contributed by atoms with van der Waals surface area (Å²) >= 11 is 1.54. The molecule has 2 rings (SSSR count). The van der Waals surface area contributed by atoms with Gasteiger partial charge in [0.05, 0.1) is 24.3 Å². The number of thiazole rings is 1. The number of hydrogen-bond donors (Lipinski definition) is 2. The molecule has 0 saturated heterocycles. The van der Waals surface area contributed by atoms with Crippen molar-refractivity contribution in [3.8, 4) is 5.75 Å². The van der Waals surface area contributed by atoms with Crippen LogP contribution >= 0.6 is 11.3 Å². The summed E-state index contributed by atoms with van der Waals surface area (Å²) in [5.74, 6) is 0.368. The van der Waals surface area contributed by atoms with Crippen molar-refractivity contribution in [2.75, 3.05) is 38.7 Å². The van der Waals surface area contributed by atoms with Gasteiger partial charge in [-0.2, -0.15) is 13.2 Å². The van der Waals surface area contributed by atoms with Gasteiger partial charge in [0.15, 0.2) is 11.1 Å². The van der Waals surface area contributed by atoms with Crippen molar-refractivity contribution in [1.29, 1.82) is 0 Å². The topological polar surface area (TPSA) is 61.8 Å². The van der Waals surface area contributed by atoms with Crippen molar-refractivity contribution in [3.63, 3.8) is 0 Å². The van der Waals surface area contributed by atoms with Crippen molar-refractivity contribution in [3.05, 3.63) is 40.9 Å². The summed E-state index contributed by atoms with van der Waals surface area (Å²) in [5.41, 5.74) is 0.0667. The third-order valence-electron chi connectivity index (χ3n) is 3.51. The Hall–Kier alpha value is -2.49. The molecule has 0 unspecified atom stereocenters. The zero-order valence-corrected chi connectivity index (χ0v) is 16.8. The number of nitrogens with zero attached hydrogens (tertiary/aromatic N) is 3. The Balaban J connectivity index is 1.88. The number of rotatable bonds is 8. The summed E-state index contributed by atoms with van der Waals surface area (Å²) in [5, 5.41) is 8.98. The number of aromatic nitrogens is 1. The van der Waals surface area contributed by atoms with Crippen LogP contribution in [0.5, 0.6) is 5.75 Å². The normalized spacial score (nSPS) is 12.0. The predicted octanol–water partition coefficient (Wildman–Crippen LogP) is 3.36. The van der Waals surface area contributed by atoms with Gasteiger partial charge in [0, 0.05) is 26.0 Å². The summed E-state index contributed by atoms with van der Waals surface area (Å²) < 4.78 is 44.2. The van der Waals surface area contributed by atoms with E-state index in [-0.39, 0.29) is 12.4 Å². The first-order chi connectivity index (χ1) is 13.3. The number of guanidine groups is 1. The molecule has 0 amide bonds. The Morgan fingerprint density at radius 3 is 2.64 bits per heavy atom. The standard InChI is InChI=1S/C18H24F3N5OS/c1-4-22-16(24-11-13-12-28-17(25-13)26(2)3)23-9-10-27-15-8-6-5-7-14(15)18(19,20)21/h5-8,12H,4,9-11H2,1-3H3,(H2,22,23,24). The molecule has 0 saturated carbocycles. The number of halogens is 3. The average molecular weight is 415 g/mol. The Labute approximate surface area is 166 Å². The highest BCUT2D eigenvalue weighted by Crippen LogP contribution is 2.35. The molecule has 6 nitrogen and oxygen atoms in total. The lowest BCUT2D eigenvalue weighted by molar-refractivity contribution is -0.138. The molecule has 0 aliphatic rings. The molecule has 0 aliphatic carbocycles. The molecule has 0 atom stereocenters. The number of anilines is 1. The van der Waals surface area contributed by atoms with E-state index in [2.05, 4.69) is 20.6 Å². The van der Waals surface area contributed by atoms with Gasteiger partial charge in [-0.15, -0.1) is 11.3 Å². The zero-order valence-electron chi connectivity index (χ0n) is 16.0. The van der Waals surface area contributed by atoms with Gasteiger partial charge in [0.25, 0.3) is 0 Å². The lowest BCUT2D eigenvalue weighted by Crippen LogP contribution is -2.39. The van der Waals surface area contributed by atoms with Crippen molar-refractivity contribution in [1.82, 2.24) is 15.6 Å². The molecule has 0 radical (unpaired) electrons. The molecular weight excluding hydrogens is 391 g/mol. The Kier molecular flexibility index (Phi) is 7.91. The monoisotopic (exact) mass is 415 g/mol. The molecule has 2 aromatic rings. The van der Waals surface area contributed by atoms with Crippen LogP contribution in [-0.2, 0) is 12.7 Å². The van der Waals surface area contributed by atoms with E-state index in [4.69, 9.17) is 4.74 Å². The van der Waals surface area contributed by atoms with Crippen LogP contribution < -0.4 is 20.3 Å². The molecule has 0 bridgehead atoms. The number of benzene rings is 1. The van der Waals surface area contributed by atoms with Crippen molar-refractivity contribution in [2.24, 2.45) is 4.99 Å². The molecule has 2 N–H and O–H groups in total. The molecule has 1 aromatic carbocycles. The van der Waals surface area contributed by atoms with Crippen molar-refractivity contribution < 1.29 is 17.9 Å². The maximum absolute atomic E-state index is 13.0. The third kappa shape index (κ3) is 6.59. The van der Waals surface area contributed by atoms with Crippen LogP contribution in [0, 0.1) is 0 Å². The molecule has 0 spiro atoms. The van der Waals surface area contributed by atoms with Crippen molar-refractivity contribution >= 4 is 22.4 Å². The van der Waals surface area contributed by atoms with E-state index >= 15 is 0 Å². The van der Waals surface area contributed by atoms with E-state index in [0.717, 1.165) is 16.9 Å². The SMILES string of the molecule is CCNC(=NCc1csc(N(C)C)n1)NCCOc1ccccc1C(F)(F)F. The van der Waals surface area contributed by atoms with Gasteiger partial charge in [0.2, 0.25) is 0 Å². The summed E-state index contributed by atoms with van der Waals surface area (Å²) in [6.45, 7) is 3.36. The van der Waals surface area contributed by atoms with Gasteiger partial charge in [0.1, 0.15) is 12.4 Å². The molecule has 28 heavy (non-hydrogen) atoms. The quantitative estimate of drug-likeness (QED) is 0.393.